The zero-order valence-corrected chi connectivity index (χ0v) is 12.8. The van der Waals surface area contributed by atoms with E-state index in [-0.39, 0.29) is 11.7 Å². The van der Waals surface area contributed by atoms with Gasteiger partial charge in [-0.2, -0.15) is 11.3 Å². The largest absolute Gasteiger partial charge is 0.476 e. The van der Waals surface area contributed by atoms with Gasteiger partial charge >= 0.3 is 5.97 Å². The smallest absolute Gasteiger partial charge is 0.358 e. The average molecular weight is 327 g/mol. The Hall–Kier alpha value is -1.44. The van der Waals surface area contributed by atoms with E-state index in [0.29, 0.717) is 0 Å². The number of aromatic nitrogens is 3. The monoisotopic (exact) mass is 326 g/mol. The second kappa shape index (κ2) is 6.13. The van der Waals surface area contributed by atoms with Gasteiger partial charge in [0.05, 0.1) is 17.3 Å². The highest BCUT2D eigenvalue weighted by molar-refractivity contribution is 7.08. The molecule has 21 heavy (non-hydrogen) atoms. The molecule has 6 nitrogen and oxygen atoms in total. The number of likely N-dealkylation sites (tertiary alicyclic amines) is 1. The van der Waals surface area contributed by atoms with Gasteiger partial charge in [-0.05, 0) is 30.3 Å². The molecular formula is C13H15ClN4O2S. The molecule has 0 aliphatic carbocycles. The molecule has 1 fully saturated rings. The second-order valence-electron chi connectivity index (χ2n) is 5.17. The highest BCUT2D eigenvalue weighted by Gasteiger charge is 2.23. The molecule has 112 valence electrons. The number of carboxylic acids is 1. The summed E-state index contributed by atoms with van der Waals surface area (Å²) in [4.78, 5) is 13.2. The number of piperidine rings is 1. The van der Waals surface area contributed by atoms with E-state index in [9.17, 15) is 4.79 Å². The van der Waals surface area contributed by atoms with Crippen LogP contribution in [0.15, 0.2) is 17.0 Å². The third kappa shape index (κ3) is 3.25. The molecule has 0 aromatic carbocycles. The first kappa shape index (κ1) is 14.5. The lowest BCUT2D eigenvalue weighted by atomic mass is 10.1. The van der Waals surface area contributed by atoms with Crippen molar-refractivity contribution in [2.24, 2.45) is 0 Å². The van der Waals surface area contributed by atoms with Crippen molar-refractivity contribution in [1.82, 2.24) is 19.9 Å². The molecule has 1 saturated heterocycles. The van der Waals surface area contributed by atoms with Crippen LogP contribution in [0, 0.1) is 0 Å². The van der Waals surface area contributed by atoms with Crippen LogP contribution in [-0.4, -0.2) is 44.1 Å². The Kier molecular flexibility index (Phi) is 4.23. The Morgan fingerprint density at radius 2 is 2.38 bits per heavy atom. The van der Waals surface area contributed by atoms with Gasteiger partial charge < -0.3 is 5.11 Å². The normalized spacial score (nSPS) is 19.8. The lowest BCUT2D eigenvalue weighted by Gasteiger charge is -2.32. The van der Waals surface area contributed by atoms with Crippen LogP contribution in [0.2, 0.25) is 5.02 Å². The molecule has 0 radical (unpaired) electrons. The number of carbonyl (C=O) groups is 1. The predicted octanol–water partition coefficient (Wildman–Crippen LogP) is 2.53. The highest BCUT2D eigenvalue weighted by atomic mass is 35.5. The Labute approximate surface area is 130 Å². The van der Waals surface area contributed by atoms with Crippen molar-refractivity contribution in [2.45, 2.75) is 25.4 Å². The molecule has 1 aliphatic rings. The van der Waals surface area contributed by atoms with Crippen molar-refractivity contribution in [3.8, 4) is 0 Å². The molecule has 1 atom stereocenters. The minimum absolute atomic E-state index is 0.00648. The molecule has 8 heteroatoms. The molecule has 1 aliphatic heterocycles. The van der Waals surface area contributed by atoms with Crippen molar-refractivity contribution in [1.29, 1.82) is 0 Å². The minimum Gasteiger partial charge on any atom is -0.476 e. The fourth-order valence-electron chi connectivity index (χ4n) is 2.61. The van der Waals surface area contributed by atoms with Gasteiger partial charge in [-0.25, -0.2) is 9.48 Å². The number of hydrogen-bond donors (Lipinski definition) is 1. The van der Waals surface area contributed by atoms with Crippen molar-refractivity contribution < 1.29 is 9.90 Å². The van der Waals surface area contributed by atoms with Crippen LogP contribution in [-0.2, 0) is 6.54 Å². The van der Waals surface area contributed by atoms with Crippen LogP contribution in [0.1, 0.15) is 34.9 Å². The number of aromatic carboxylic acids is 1. The lowest BCUT2D eigenvalue weighted by molar-refractivity contribution is 0.0690. The van der Waals surface area contributed by atoms with Crippen molar-refractivity contribution in [2.75, 3.05) is 13.1 Å². The zero-order valence-electron chi connectivity index (χ0n) is 11.3. The third-order valence-electron chi connectivity index (χ3n) is 3.67. The standard InChI is InChI=1S/C13H15ClN4O2S/c14-11-8-21-7-9(11)4-17-3-1-2-10(5-17)18-6-12(13(19)20)15-16-18/h6-8,10H,1-5H2,(H,19,20). The van der Waals surface area contributed by atoms with E-state index in [4.69, 9.17) is 16.7 Å². The molecular weight excluding hydrogens is 312 g/mol. The van der Waals surface area contributed by atoms with E-state index in [0.717, 1.165) is 43.1 Å². The maximum Gasteiger partial charge on any atom is 0.358 e. The van der Waals surface area contributed by atoms with Crippen LogP contribution >= 0.6 is 22.9 Å². The Bertz CT molecular complexity index is 642. The summed E-state index contributed by atoms with van der Waals surface area (Å²) < 4.78 is 1.67. The molecule has 1 N–H and O–H groups in total. The van der Waals surface area contributed by atoms with E-state index >= 15 is 0 Å². The zero-order chi connectivity index (χ0) is 14.8. The fraction of sp³-hybridized carbons (Fsp3) is 0.462. The van der Waals surface area contributed by atoms with Crippen molar-refractivity contribution >= 4 is 28.9 Å². The van der Waals surface area contributed by atoms with Crippen molar-refractivity contribution in [3.63, 3.8) is 0 Å². The van der Waals surface area contributed by atoms with Crippen molar-refractivity contribution in [3.05, 3.63) is 33.2 Å². The van der Waals surface area contributed by atoms with Gasteiger partial charge in [0.25, 0.3) is 0 Å². The molecule has 3 heterocycles. The van der Waals surface area contributed by atoms with Crippen LogP contribution in [0.25, 0.3) is 0 Å². The van der Waals surface area contributed by atoms with Gasteiger partial charge in [0, 0.05) is 18.5 Å². The number of hydrogen-bond acceptors (Lipinski definition) is 5. The molecule has 0 amide bonds. The van der Waals surface area contributed by atoms with Gasteiger partial charge in [-0.15, -0.1) is 5.10 Å². The molecule has 2 aromatic heterocycles. The summed E-state index contributed by atoms with van der Waals surface area (Å²) in [6.45, 7) is 2.66. The fourth-order valence-corrected chi connectivity index (χ4v) is 3.64. The molecule has 1 unspecified atom stereocenters. The quantitative estimate of drug-likeness (QED) is 0.934. The predicted molar refractivity (Wildman–Crippen MR) is 79.9 cm³/mol. The highest BCUT2D eigenvalue weighted by Crippen LogP contribution is 2.26. The van der Waals surface area contributed by atoms with Crippen LogP contribution < -0.4 is 0 Å². The topological polar surface area (TPSA) is 71.2 Å². The Balaban J connectivity index is 1.67. The summed E-state index contributed by atoms with van der Waals surface area (Å²) in [5.74, 6) is -1.04. The summed E-state index contributed by atoms with van der Waals surface area (Å²) >= 11 is 7.75. The number of rotatable bonds is 4. The number of halogens is 1. The van der Waals surface area contributed by atoms with Gasteiger partial charge in [0.1, 0.15) is 0 Å². The maximum absolute atomic E-state index is 10.9. The van der Waals surface area contributed by atoms with E-state index < -0.39 is 5.97 Å². The molecule has 0 bridgehead atoms. The first-order chi connectivity index (χ1) is 10.1. The number of thiophene rings is 1. The van der Waals surface area contributed by atoms with E-state index in [1.54, 1.807) is 16.0 Å². The molecule has 3 rings (SSSR count). The third-order valence-corrected chi connectivity index (χ3v) is 4.94. The van der Waals surface area contributed by atoms with Gasteiger partial charge in [-0.1, -0.05) is 16.8 Å². The Morgan fingerprint density at radius 1 is 1.52 bits per heavy atom. The first-order valence-electron chi connectivity index (χ1n) is 6.71. The molecule has 2 aromatic rings. The molecule has 0 spiro atoms. The van der Waals surface area contributed by atoms with Gasteiger partial charge in [0.2, 0.25) is 0 Å². The number of nitrogens with zero attached hydrogens (tertiary/aromatic N) is 4. The second-order valence-corrected chi connectivity index (χ2v) is 6.32. The van der Waals surface area contributed by atoms with Gasteiger partial charge in [0.15, 0.2) is 5.69 Å². The van der Waals surface area contributed by atoms with E-state index in [2.05, 4.69) is 20.6 Å². The van der Waals surface area contributed by atoms with Gasteiger partial charge in [-0.3, -0.25) is 4.90 Å². The van der Waals surface area contributed by atoms with Crippen LogP contribution in [0.4, 0.5) is 0 Å². The summed E-state index contributed by atoms with van der Waals surface area (Å²) in [7, 11) is 0. The maximum atomic E-state index is 10.9. The summed E-state index contributed by atoms with van der Waals surface area (Å²) in [5, 5.41) is 21.4. The van der Waals surface area contributed by atoms with E-state index in [1.165, 1.54) is 6.20 Å². The van der Waals surface area contributed by atoms with Crippen LogP contribution in [0.3, 0.4) is 0 Å². The van der Waals surface area contributed by atoms with E-state index in [1.807, 2.05) is 5.38 Å². The number of carboxylic acid groups (broad SMARTS) is 1. The van der Waals surface area contributed by atoms with Crippen LogP contribution in [0.5, 0.6) is 0 Å². The minimum atomic E-state index is -1.04. The lowest BCUT2D eigenvalue weighted by Crippen LogP contribution is -2.36. The SMILES string of the molecule is O=C(O)c1cn(C2CCCN(Cc3cscc3Cl)C2)nn1. The summed E-state index contributed by atoms with van der Waals surface area (Å²) in [5.41, 5.74) is 1.14. The Morgan fingerprint density at radius 3 is 3.05 bits per heavy atom. The summed E-state index contributed by atoms with van der Waals surface area (Å²) in [6.07, 6.45) is 3.54. The molecule has 0 saturated carbocycles. The average Bonchev–Trinajstić information content (AvgIpc) is 3.09. The summed E-state index contributed by atoms with van der Waals surface area (Å²) in [6, 6.07) is 0.164. The first-order valence-corrected chi connectivity index (χ1v) is 8.03.